The molecule has 0 unspecified atom stereocenters. The van der Waals surface area contributed by atoms with E-state index in [4.69, 9.17) is 9.72 Å². The molecule has 1 aromatic carbocycles. The molecule has 4 heterocycles. The third-order valence-corrected chi connectivity index (χ3v) is 9.03. The first-order valence-corrected chi connectivity index (χ1v) is 15.7. The Labute approximate surface area is 251 Å². The summed E-state index contributed by atoms with van der Waals surface area (Å²) < 4.78 is 7.13. The highest BCUT2D eigenvalue weighted by Gasteiger charge is 2.40. The Morgan fingerprint density at radius 2 is 1.71 bits per heavy atom. The van der Waals surface area contributed by atoms with Crippen LogP contribution >= 0.6 is 0 Å². The summed E-state index contributed by atoms with van der Waals surface area (Å²) >= 11 is 0. The van der Waals surface area contributed by atoms with Gasteiger partial charge >= 0.3 is 5.97 Å². The number of carbonyl (C=O) groups excluding carboxylic acids is 1. The average molecular weight is 576 g/mol. The predicted molar refractivity (Wildman–Crippen MR) is 165 cm³/mol. The molecular formula is C33H49N7O2. The van der Waals surface area contributed by atoms with Crippen LogP contribution in [0.5, 0.6) is 0 Å². The topological polar surface area (TPSA) is 82.5 Å². The van der Waals surface area contributed by atoms with Gasteiger partial charge in [0.1, 0.15) is 11.6 Å². The van der Waals surface area contributed by atoms with E-state index in [-0.39, 0.29) is 5.97 Å². The van der Waals surface area contributed by atoms with Gasteiger partial charge in [-0.15, -0.1) is 0 Å². The summed E-state index contributed by atoms with van der Waals surface area (Å²) in [7, 11) is 1.42. The van der Waals surface area contributed by atoms with E-state index < -0.39 is 0 Å². The van der Waals surface area contributed by atoms with Gasteiger partial charge in [-0.25, -0.2) is 9.97 Å². The lowest BCUT2D eigenvalue weighted by molar-refractivity contribution is -0.139. The Balaban J connectivity index is 1.13. The number of aromatic amines is 1. The van der Waals surface area contributed by atoms with Crippen molar-refractivity contribution < 1.29 is 9.53 Å². The monoisotopic (exact) mass is 575 g/mol. The molecule has 0 saturated carbocycles. The highest BCUT2D eigenvalue weighted by Crippen LogP contribution is 2.40. The van der Waals surface area contributed by atoms with Crippen molar-refractivity contribution in [1.29, 1.82) is 0 Å². The zero-order valence-electron chi connectivity index (χ0n) is 25.8. The first-order chi connectivity index (χ1) is 20.4. The first-order valence-electron chi connectivity index (χ1n) is 15.7. The molecule has 5 rings (SSSR count). The molecule has 2 fully saturated rings. The largest absolute Gasteiger partial charge is 0.469 e. The number of benzene rings is 1. The van der Waals surface area contributed by atoms with Crippen molar-refractivity contribution in [3.05, 3.63) is 71.8 Å². The van der Waals surface area contributed by atoms with Crippen molar-refractivity contribution >= 4 is 5.97 Å². The summed E-state index contributed by atoms with van der Waals surface area (Å²) in [5.41, 5.74) is 2.70. The number of nitrogens with one attached hydrogen (secondary N) is 1. The summed E-state index contributed by atoms with van der Waals surface area (Å²) in [6.45, 7) is 15.3. The number of hydrogen-bond donors (Lipinski definition) is 1. The van der Waals surface area contributed by atoms with Gasteiger partial charge < -0.3 is 24.1 Å². The van der Waals surface area contributed by atoms with E-state index in [0.717, 1.165) is 55.7 Å². The second-order valence-electron chi connectivity index (χ2n) is 12.9. The smallest absolute Gasteiger partial charge is 0.309 e. The summed E-state index contributed by atoms with van der Waals surface area (Å²) in [5, 5.41) is 0. The van der Waals surface area contributed by atoms with E-state index >= 15 is 0 Å². The van der Waals surface area contributed by atoms with E-state index in [1.807, 2.05) is 24.5 Å². The van der Waals surface area contributed by atoms with Gasteiger partial charge in [0.05, 0.1) is 26.6 Å². The van der Waals surface area contributed by atoms with E-state index in [9.17, 15) is 4.79 Å². The number of nitrogens with zero attached hydrogens (tertiary/aromatic N) is 6. The highest BCUT2D eigenvalue weighted by molar-refractivity contribution is 5.72. The van der Waals surface area contributed by atoms with Crippen LogP contribution in [0, 0.1) is 11.3 Å². The van der Waals surface area contributed by atoms with Gasteiger partial charge in [0.2, 0.25) is 0 Å². The van der Waals surface area contributed by atoms with Crippen LogP contribution in [0.4, 0.5) is 0 Å². The number of likely N-dealkylation sites (tertiary alicyclic amines) is 2. The summed E-state index contributed by atoms with van der Waals surface area (Å²) in [6.07, 6.45) is 13.2. The van der Waals surface area contributed by atoms with Crippen LogP contribution in [0.1, 0.15) is 62.3 Å². The molecule has 2 aliphatic heterocycles. The summed E-state index contributed by atoms with van der Waals surface area (Å²) in [5.74, 6) is 2.56. The van der Waals surface area contributed by atoms with Crippen molar-refractivity contribution in [3.8, 4) is 0 Å². The maximum absolute atomic E-state index is 11.6. The number of imidazole rings is 2. The number of aryl methyl sites for hydroxylation is 1. The van der Waals surface area contributed by atoms with Crippen molar-refractivity contribution in [2.75, 3.05) is 46.4 Å². The maximum Gasteiger partial charge on any atom is 0.309 e. The molecule has 2 aliphatic rings. The quantitative estimate of drug-likeness (QED) is 0.286. The molecule has 1 N–H and O–H groups in total. The van der Waals surface area contributed by atoms with Crippen LogP contribution in [0.25, 0.3) is 0 Å². The normalized spacial score (nSPS) is 17.5. The number of carbonyl (C=O) groups is 1. The molecule has 0 radical (unpaired) electrons. The number of aromatic nitrogens is 4. The molecule has 1 spiro atoms. The van der Waals surface area contributed by atoms with E-state index in [2.05, 4.69) is 61.4 Å². The molecule has 9 heteroatoms. The summed E-state index contributed by atoms with van der Waals surface area (Å²) in [6, 6.07) is 8.21. The lowest BCUT2D eigenvalue weighted by Gasteiger charge is -2.40. The van der Waals surface area contributed by atoms with Gasteiger partial charge in [0.15, 0.2) is 0 Å². The number of rotatable bonds is 14. The fourth-order valence-electron chi connectivity index (χ4n) is 6.74. The molecule has 3 aromatic rings. The summed E-state index contributed by atoms with van der Waals surface area (Å²) in [4.78, 5) is 31.9. The molecule has 0 bridgehead atoms. The first kappa shape index (κ1) is 30.4. The van der Waals surface area contributed by atoms with Crippen LogP contribution in [0.2, 0.25) is 0 Å². The second kappa shape index (κ2) is 14.4. The average Bonchev–Trinajstić information content (AvgIpc) is 3.74. The van der Waals surface area contributed by atoms with Crippen LogP contribution in [-0.2, 0) is 42.1 Å². The third kappa shape index (κ3) is 8.52. The molecule has 228 valence electrons. The Morgan fingerprint density at radius 1 is 0.976 bits per heavy atom. The maximum atomic E-state index is 11.6. The number of esters is 1. The minimum Gasteiger partial charge on any atom is -0.469 e. The van der Waals surface area contributed by atoms with Crippen LogP contribution in [-0.4, -0.2) is 86.6 Å². The van der Waals surface area contributed by atoms with Crippen molar-refractivity contribution in [1.82, 2.24) is 34.2 Å². The molecule has 2 aromatic heterocycles. The van der Waals surface area contributed by atoms with E-state index in [0.29, 0.717) is 18.4 Å². The number of H-pyrrole nitrogens is 1. The van der Waals surface area contributed by atoms with Crippen LogP contribution < -0.4 is 0 Å². The Bertz CT molecular complexity index is 1230. The molecular weight excluding hydrogens is 526 g/mol. The molecule has 0 atom stereocenters. The number of methoxy groups -OCH3 is 1. The molecule has 42 heavy (non-hydrogen) atoms. The van der Waals surface area contributed by atoms with Crippen LogP contribution in [0.3, 0.4) is 0 Å². The van der Waals surface area contributed by atoms with Crippen molar-refractivity contribution in [2.45, 2.75) is 72.1 Å². The molecule has 2 saturated heterocycles. The number of hydrogen-bond acceptors (Lipinski definition) is 7. The van der Waals surface area contributed by atoms with E-state index in [1.165, 1.54) is 64.7 Å². The number of ether oxygens (including phenoxy) is 1. The highest BCUT2D eigenvalue weighted by atomic mass is 16.5. The number of piperidine rings is 1. The Morgan fingerprint density at radius 3 is 2.40 bits per heavy atom. The van der Waals surface area contributed by atoms with Gasteiger partial charge in [-0.05, 0) is 74.3 Å². The zero-order chi connectivity index (χ0) is 29.4. The fourth-order valence-corrected chi connectivity index (χ4v) is 6.74. The fraction of sp³-hybridized carbons (Fsp3) is 0.606. The van der Waals surface area contributed by atoms with Crippen molar-refractivity contribution in [3.63, 3.8) is 0 Å². The molecule has 9 nitrogen and oxygen atoms in total. The SMILES string of the molecule is COC(=O)Cc1ccc(CN(Cc2ncc[nH]2)Cc2nccn2CCCN2CCC3(CCN(CC(C)C)CC3)C2)cc1. The van der Waals surface area contributed by atoms with Gasteiger partial charge in [0, 0.05) is 51.0 Å². The second-order valence-corrected chi connectivity index (χ2v) is 12.9. The lowest BCUT2D eigenvalue weighted by atomic mass is 9.77. The van der Waals surface area contributed by atoms with Gasteiger partial charge in [0.25, 0.3) is 0 Å². The van der Waals surface area contributed by atoms with E-state index in [1.54, 1.807) is 6.20 Å². The molecule has 0 amide bonds. The lowest BCUT2D eigenvalue weighted by Crippen LogP contribution is -2.42. The third-order valence-electron chi connectivity index (χ3n) is 9.03. The zero-order valence-corrected chi connectivity index (χ0v) is 25.8. The standard InChI is InChI=1S/C33H49N7O2/c1-27(2)22-37-17-9-33(10-18-37)11-19-38(26-33)15-4-16-40-20-14-36-31(40)25-39(24-30-34-12-13-35-30)23-29-7-5-28(6-8-29)21-32(41)42-3/h5-8,12-14,20,27H,4,9-11,15-19,21-26H2,1-3H3,(H,34,35). The van der Waals surface area contributed by atoms with Gasteiger partial charge in [-0.1, -0.05) is 38.1 Å². The van der Waals surface area contributed by atoms with Crippen LogP contribution in [0.15, 0.2) is 49.1 Å². The minimum absolute atomic E-state index is 0.222. The Hall–Kier alpha value is -3.01. The van der Waals surface area contributed by atoms with Gasteiger partial charge in [-0.3, -0.25) is 9.69 Å². The van der Waals surface area contributed by atoms with Gasteiger partial charge in [-0.2, -0.15) is 0 Å². The molecule has 0 aliphatic carbocycles. The minimum atomic E-state index is -0.222. The predicted octanol–water partition coefficient (Wildman–Crippen LogP) is 4.36. The van der Waals surface area contributed by atoms with Crippen molar-refractivity contribution in [2.24, 2.45) is 11.3 Å². The Kier molecular flexibility index (Phi) is 10.5.